The van der Waals surface area contributed by atoms with Crippen LogP contribution in [-0.2, 0) is 11.3 Å². The molecule has 29 heavy (non-hydrogen) atoms. The fraction of sp³-hybridized carbons (Fsp3) is 0.273. The second-order valence-electron chi connectivity index (χ2n) is 6.74. The summed E-state index contributed by atoms with van der Waals surface area (Å²) in [6.07, 6.45) is 2.51. The first kappa shape index (κ1) is 19.0. The second kappa shape index (κ2) is 8.36. The number of carbonyl (C=O) groups is 1. The number of rotatable bonds is 5. The van der Waals surface area contributed by atoms with E-state index < -0.39 is 0 Å². The van der Waals surface area contributed by atoms with Crippen LogP contribution in [0.25, 0.3) is 10.8 Å². The Hall–Kier alpha value is -3.32. The van der Waals surface area contributed by atoms with Gasteiger partial charge in [-0.2, -0.15) is 0 Å². The Balaban J connectivity index is 1.62. The predicted octanol–water partition coefficient (Wildman–Crippen LogP) is 3.06. The number of fused-ring (bicyclic) bond motifs is 2. The van der Waals surface area contributed by atoms with Crippen LogP contribution < -0.4 is 20.3 Å². The molecule has 4 rings (SSSR count). The molecule has 0 spiro atoms. The van der Waals surface area contributed by atoms with Gasteiger partial charge in [0.25, 0.3) is 11.5 Å². The van der Waals surface area contributed by atoms with Gasteiger partial charge in [0.2, 0.25) is 0 Å². The normalized spacial score (nSPS) is 13.1. The number of aromatic nitrogens is 1. The van der Waals surface area contributed by atoms with Gasteiger partial charge in [-0.3, -0.25) is 9.59 Å². The molecule has 1 aliphatic rings. The molecule has 1 aliphatic heterocycles. The number of hydrogen-bond acceptors (Lipinski definition) is 5. The summed E-state index contributed by atoms with van der Waals surface area (Å²) in [5.74, 6) is 0.923. The SMILES string of the molecule is COCCn1ccc2c(NC(=O)c3ccc4c(c3)OCCCO4)cccc2c1=O. The Morgan fingerprint density at radius 1 is 1.10 bits per heavy atom. The van der Waals surface area contributed by atoms with E-state index in [2.05, 4.69) is 5.32 Å². The van der Waals surface area contributed by atoms with Crippen molar-refractivity contribution >= 4 is 22.4 Å². The maximum Gasteiger partial charge on any atom is 0.258 e. The molecular weight excluding hydrogens is 372 g/mol. The van der Waals surface area contributed by atoms with Gasteiger partial charge in [0, 0.05) is 48.3 Å². The molecule has 2 heterocycles. The molecule has 0 unspecified atom stereocenters. The number of hydrogen-bond donors (Lipinski definition) is 1. The lowest BCUT2D eigenvalue weighted by Crippen LogP contribution is -2.22. The fourth-order valence-corrected chi connectivity index (χ4v) is 3.29. The standard InChI is InChI=1S/C22H22N2O5/c1-27-13-10-24-9-8-16-17(22(24)26)4-2-5-18(16)23-21(25)15-6-7-19-20(14-15)29-12-3-11-28-19/h2,4-9,14H,3,10-13H2,1H3,(H,23,25). The first-order valence-electron chi connectivity index (χ1n) is 9.49. The zero-order chi connectivity index (χ0) is 20.2. The van der Waals surface area contributed by atoms with Crippen molar-refractivity contribution in [3.8, 4) is 11.5 Å². The molecule has 0 bridgehead atoms. The predicted molar refractivity (Wildman–Crippen MR) is 110 cm³/mol. The number of anilines is 1. The summed E-state index contributed by atoms with van der Waals surface area (Å²) in [7, 11) is 1.60. The highest BCUT2D eigenvalue weighted by atomic mass is 16.5. The van der Waals surface area contributed by atoms with Crippen LogP contribution >= 0.6 is 0 Å². The van der Waals surface area contributed by atoms with Crippen LogP contribution in [0.4, 0.5) is 5.69 Å². The average molecular weight is 394 g/mol. The number of nitrogens with one attached hydrogen (secondary N) is 1. The van der Waals surface area contributed by atoms with Gasteiger partial charge < -0.3 is 24.1 Å². The van der Waals surface area contributed by atoms with E-state index in [4.69, 9.17) is 14.2 Å². The van der Waals surface area contributed by atoms with Gasteiger partial charge in [0.1, 0.15) is 0 Å². The van der Waals surface area contributed by atoms with E-state index in [0.29, 0.717) is 59.9 Å². The van der Waals surface area contributed by atoms with Crippen molar-refractivity contribution in [3.05, 3.63) is 64.6 Å². The van der Waals surface area contributed by atoms with Gasteiger partial charge in [-0.15, -0.1) is 0 Å². The molecule has 0 atom stereocenters. The molecule has 0 fully saturated rings. The van der Waals surface area contributed by atoms with Crippen molar-refractivity contribution in [1.29, 1.82) is 0 Å². The third kappa shape index (κ3) is 3.95. The molecule has 1 amide bonds. The summed E-state index contributed by atoms with van der Waals surface area (Å²) in [4.78, 5) is 25.5. The average Bonchev–Trinajstić information content (AvgIpc) is 2.98. The van der Waals surface area contributed by atoms with Crippen molar-refractivity contribution in [2.75, 3.05) is 32.2 Å². The minimum absolute atomic E-state index is 0.119. The monoisotopic (exact) mass is 394 g/mol. The van der Waals surface area contributed by atoms with E-state index in [1.54, 1.807) is 54.3 Å². The van der Waals surface area contributed by atoms with Crippen molar-refractivity contribution in [1.82, 2.24) is 4.57 Å². The zero-order valence-corrected chi connectivity index (χ0v) is 16.1. The number of amides is 1. The summed E-state index contributed by atoms with van der Waals surface area (Å²) >= 11 is 0. The van der Waals surface area contributed by atoms with E-state index in [-0.39, 0.29) is 11.5 Å². The van der Waals surface area contributed by atoms with Gasteiger partial charge in [0.15, 0.2) is 11.5 Å². The van der Waals surface area contributed by atoms with Crippen molar-refractivity contribution in [2.24, 2.45) is 0 Å². The highest BCUT2D eigenvalue weighted by Gasteiger charge is 2.15. The van der Waals surface area contributed by atoms with Gasteiger partial charge >= 0.3 is 0 Å². The summed E-state index contributed by atoms with van der Waals surface area (Å²) in [5.41, 5.74) is 0.918. The van der Waals surface area contributed by atoms with Crippen LogP contribution in [0.2, 0.25) is 0 Å². The minimum atomic E-state index is -0.281. The molecule has 150 valence electrons. The van der Waals surface area contributed by atoms with Crippen molar-refractivity contribution < 1.29 is 19.0 Å². The minimum Gasteiger partial charge on any atom is -0.490 e. The largest absolute Gasteiger partial charge is 0.490 e. The summed E-state index contributed by atoms with van der Waals surface area (Å²) in [6.45, 7) is 2.07. The first-order chi connectivity index (χ1) is 14.2. The van der Waals surface area contributed by atoms with Crippen LogP contribution in [0.5, 0.6) is 11.5 Å². The lowest BCUT2D eigenvalue weighted by atomic mass is 10.1. The van der Waals surface area contributed by atoms with Crippen LogP contribution in [0, 0.1) is 0 Å². The topological polar surface area (TPSA) is 78.8 Å². The Kier molecular flexibility index (Phi) is 5.48. The molecule has 0 aliphatic carbocycles. The van der Waals surface area contributed by atoms with Gasteiger partial charge in [-0.25, -0.2) is 0 Å². The molecule has 7 heteroatoms. The Morgan fingerprint density at radius 3 is 2.76 bits per heavy atom. The Bertz CT molecular complexity index is 1110. The summed E-state index contributed by atoms with van der Waals surface area (Å²) in [6, 6.07) is 12.2. The molecule has 0 saturated carbocycles. The van der Waals surface area contributed by atoms with E-state index in [1.165, 1.54) is 0 Å². The highest BCUT2D eigenvalue weighted by molar-refractivity contribution is 6.09. The lowest BCUT2D eigenvalue weighted by molar-refractivity contribution is 0.102. The smallest absolute Gasteiger partial charge is 0.258 e. The van der Waals surface area contributed by atoms with E-state index in [1.807, 2.05) is 6.07 Å². The Labute approximate surface area is 167 Å². The second-order valence-corrected chi connectivity index (χ2v) is 6.74. The van der Waals surface area contributed by atoms with E-state index in [0.717, 1.165) is 6.42 Å². The number of pyridine rings is 1. The third-order valence-electron chi connectivity index (χ3n) is 4.81. The maximum absolute atomic E-state index is 12.8. The highest BCUT2D eigenvalue weighted by Crippen LogP contribution is 2.31. The summed E-state index contributed by atoms with van der Waals surface area (Å²) in [5, 5.41) is 4.14. The van der Waals surface area contributed by atoms with Gasteiger partial charge in [-0.1, -0.05) is 6.07 Å². The van der Waals surface area contributed by atoms with E-state index >= 15 is 0 Å². The van der Waals surface area contributed by atoms with Crippen molar-refractivity contribution in [3.63, 3.8) is 0 Å². The number of ether oxygens (including phenoxy) is 3. The van der Waals surface area contributed by atoms with E-state index in [9.17, 15) is 9.59 Å². The zero-order valence-electron chi connectivity index (χ0n) is 16.1. The number of carbonyl (C=O) groups excluding carboxylic acids is 1. The number of benzene rings is 2. The van der Waals surface area contributed by atoms with Gasteiger partial charge in [-0.05, 0) is 36.4 Å². The third-order valence-corrected chi connectivity index (χ3v) is 4.81. The summed E-state index contributed by atoms with van der Waals surface area (Å²) < 4.78 is 17.9. The molecular formula is C22H22N2O5. The molecule has 0 saturated heterocycles. The van der Waals surface area contributed by atoms with Crippen LogP contribution in [0.15, 0.2) is 53.5 Å². The van der Waals surface area contributed by atoms with Crippen LogP contribution in [-0.4, -0.2) is 37.4 Å². The molecule has 7 nitrogen and oxygen atoms in total. The number of nitrogens with zero attached hydrogens (tertiary/aromatic N) is 1. The van der Waals surface area contributed by atoms with Gasteiger partial charge in [0.05, 0.1) is 19.8 Å². The maximum atomic E-state index is 12.8. The molecule has 1 aromatic heterocycles. The molecule has 3 aromatic rings. The fourth-order valence-electron chi connectivity index (χ4n) is 3.29. The first-order valence-corrected chi connectivity index (χ1v) is 9.49. The quantitative estimate of drug-likeness (QED) is 0.720. The van der Waals surface area contributed by atoms with Crippen LogP contribution in [0.1, 0.15) is 16.8 Å². The molecule has 0 radical (unpaired) electrons. The number of methoxy groups -OCH3 is 1. The lowest BCUT2D eigenvalue weighted by Gasteiger charge is -2.12. The van der Waals surface area contributed by atoms with Crippen molar-refractivity contribution in [2.45, 2.75) is 13.0 Å². The molecule has 1 N–H and O–H groups in total. The Morgan fingerprint density at radius 2 is 1.93 bits per heavy atom. The van der Waals surface area contributed by atoms with Crippen LogP contribution in [0.3, 0.4) is 0 Å². The molecule has 2 aromatic carbocycles.